The summed E-state index contributed by atoms with van der Waals surface area (Å²) in [5.74, 6) is 1.83. The van der Waals surface area contributed by atoms with Gasteiger partial charge in [0.2, 0.25) is 5.91 Å². The molecule has 1 aromatic heterocycles. The van der Waals surface area contributed by atoms with Crippen LogP contribution in [0.4, 0.5) is 11.6 Å². The molecule has 1 aliphatic heterocycles. The van der Waals surface area contributed by atoms with Gasteiger partial charge in [-0.15, -0.1) is 0 Å². The number of hydrogen-bond donors (Lipinski definition) is 2. The largest absolute Gasteiger partial charge is 0.389 e. The van der Waals surface area contributed by atoms with E-state index in [0.717, 1.165) is 5.56 Å². The highest BCUT2D eigenvalue weighted by atomic mass is 16.3. The number of aliphatic hydroxyl groups is 1. The van der Waals surface area contributed by atoms with E-state index in [0.29, 0.717) is 30.4 Å². The van der Waals surface area contributed by atoms with E-state index in [1.807, 2.05) is 11.9 Å². The van der Waals surface area contributed by atoms with Crippen molar-refractivity contribution in [3.63, 3.8) is 0 Å². The number of carbonyl (C=O) groups is 1. The zero-order valence-electron chi connectivity index (χ0n) is 11.1. The summed E-state index contributed by atoms with van der Waals surface area (Å²) in [5, 5.41) is 12.6. The molecule has 0 spiro atoms. The van der Waals surface area contributed by atoms with Crippen LogP contribution in [-0.4, -0.2) is 40.2 Å². The minimum Gasteiger partial charge on any atom is -0.389 e. The molecule has 0 radical (unpaired) electrons. The molecule has 0 saturated heterocycles. The molecule has 6 nitrogen and oxygen atoms in total. The molecule has 2 heterocycles. The summed E-state index contributed by atoms with van der Waals surface area (Å²) >= 11 is 0. The number of carbonyl (C=O) groups excluding carboxylic acids is 1. The van der Waals surface area contributed by atoms with Crippen LogP contribution in [0.15, 0.2) is 0 Å². The Morgan fingerprint density at radius 2 is 2.11 bits per heavy atom. The second kappa shape index (κ2) is 4.20. The molecular formula is C12H18N4O2. The standard InChI is InChI=1S/C12H18N4O2/c1-7-13-10-8(5-9(17)15-10)11(14-7)16(4)6-12(2,3)18/h18H,5-6H2,1-4H3,(H,13,14,15,17). The van der Waals surface area contributed by atoms with Gasteiger partial charge in [0.1, 0.15) is 17.5 Å². The first-order valence-electron chi connectivity index (χ1n) is 5.87. The third kappa shape index (κ3) is 2.59. The zero-order chi connectivity index (χ0) is 13.5. The molecule has 1 aliphatic rings. The number of likely N-dealkylation sites (N-methyl/N-ethyl adjacent to an activating group) is 1. The molecule has 1 aromatic rings. The fourth-order valence-electron chi connectivity index (χ4n) is 2.15. The molecule has 98 valence electrons. The second-order valence-corrected chi connectivity index (χ2v) is 5.32. The highest BCUT2D eigenvalue weighted by Gasteiger charge is 2.27. The minimum absolute atomic E-state index is 0.0668. The Morgan fingerprint density at radius 3 is 2.72 bits per heavy atom. The predicted molar refractivity (Wildman–Crippen MR) is 68.7 cm³/mol. The normalized spacial score (nSPS) is 14.4. The van der Waals surface area contributed by atoms with E-state index in [1.165, 1.54) is 0 Å². The molecule has 0 fully saturated rings. The van der Waals surface area contributed by atoms with E-state index in [2.05, 4.69) is 15.3 Å². The van der Waals surface area contributed by atoms with Crippen molar-refractivity contribution >= 4 is 17.5 Å². The summed E-state index contributed by atoms with van der Waals surface area (Å²) in [6, 6.07) is 0. The molecule has 2 N–H and O–H groups in total. The molecule has 1 amide bonds. The second-order valence-electron chi connectivity index (χ2n) is 5.32. The quantitative estimate of drug-likeness (QED) is 0.816. The van der Waals surface area contributed by atoms with Crippen molar-refractivity contribution < 1.29 is 9.90 Å². The highest BCUT2D eigenvalue weighted by molar-refractivity contribution is 5.99. The van der Waals surface area contributed by atoms with E-state index in [4.69, 9.17) is 0 Å². The number of fused-ring (bicyclic) bond motifs is 1. The molecule has 0 bridgehead atoms. The topological polar surface area (TPSA) is 78.3 Å². The van der Waals surface area contributed by atoms with Crippen LogP contribution in [0.2, 0.25) is 0 Å². The van der Waals surface area contributed by atoms with Gasteiger partial charge >= 0.3 is 0 Å². The summed E-state index contributed by atoms with van der Waals surface area (Å²) in [7, 11) is 1.85. The lowest BCUT2D eigenvalue weighted by molar-refractivity contribution is -0.115. The summed E-state index contributed by atoms with van der Waals surface area (Å²) in [5.41, 5.74) is -0.0198. The Kier molecular flexibility index (Phi) is 2.98. The summed E-state index contributed by atoms with van der Waals surface area (Å²) in [6.07, 6.45) is 0.293. The average Bonchev–Trinajstić information content (AvgIpc) is 2.53. The summed E-state index contributed by atoms with van der Waals surface area (Å²) in [4.78, 5) is 21.9. The van der Waals surface area contributed by atoms with Gasteiger partial charge in [0.15, 0.2) is 0 Å². The van der Waals surface area contributed by atoms with Gasteiger partial charge in [-0.2, -0.15) is 0 Å². The van der Waals surface area contributed by atoms with Crippen LogP contribution in [0.1, 0.15) is 25.2 Å². The molecular weight excluding hydrogens is 232 g/mol. The van der Waals surface area contributed by atoms with Crippen molar-refractivity contribution in [2.75, 3.05) is 23.8 Å². The lowest BCUT2D eigenvalue weighted by Gasteiger charge is -2.27. The van der Waals surface area contributed by atoms with Crippen molar-refractivity contribution in [1.29, 1.82) is 0 Å². The molecule has 0 aromatic carbocycles. The van der Waals surface area contributed by atoms with Gasteiger partial charge in [-0.05, 0) is 20.8 Å². The first-order chi connectivity index (χ1) is 8.26. The van der Waals surface area contributed by atoms with Crippen LogP contribution < -0.4 is 10.2 Å². The van der Waals surface area contributed by atoms with Gasteiger partial charge < -0.3 is 15.3 Å². The molecule has 2 rings (SSSR count). The Morgan fingerprint density at radius 1 is 1.44 bits per heavy atom. The van der Waals surface area contributed by atoms with Crippen LogP contribution in [0, 0.1) is 6.92 Å². The first kappa shape index (κ1) is 12.8. The fraction of sp³-hybridized carbons (Fsp3) is 0.583. The monoisotopic (exact) mass is 250 g/mol. The van der Waals surface area contributed by atoms with Crippen LogP contribution in [0.5, 0.6) is 0 Å². The molecule has 18 heavy (non-hydrogen) atoms. The maximum Gasteiger partial charge on any atom is 0.230 e. The third-order valence-electron chi connectivity index (χ3n) is 2.68. The lowest BCUT2D eigenvalue weighted by Crippen LogP contribution is -2.37. The summed E-state index contributed by atoms with van der Waals surface area (Å²) in [6.45, 7) is 5.69. The van der Waals surface area contributed by atoms with Gasteiger partial charge in [-0.25, -0.2) is 9.97 Å². The van der Waals surface area contributed by atoms with Gasteiger partial charge in [-0.3, -0.25) is 4.79 Å². The van der Waals surface area contributed by atoms with Crippen LogP contribution >= 0.6 is 0 Å². The Hall–Kier alpha value is -1.69. The molecule has 0 unspecified atom stereocenters. The number of aryl methyl sites for hydroxylation is 1. The van der Waals surface area contributed by atoms with Crippen LogP contribution in [-0.2, 0) is 11.2 Å². The van der Waals surface area contributed by atoms with Crippen LogP contribution in [0.25, 0.3) is 0 Å². The van der Waals surface area contributed by atoms with Gasteiger partial charge in [0, 0.05) is 19.2 Å². The van der Waals surface area contributed by atoms with Crippen molar-refractivity contribution in [3.05, 3.63) is 11.4 Å². The number of aromatic nitrogens is 2. The highest BCUT2D eigenvalue weighted by Crippen LogP contribution is 2.29. The van der Waals surface area contributed by atoms with E-state index in [-0.39, 0.29) is 5.91 Å². The number of nitrogens with one attached hydrogen (secondary N) is 1. The lowest BCUT2D eigenvalue weighted by atomic mass is 10.1. The van der Waals surface area contributed by atoms with Crippen molar-refractivity contribution in [1.82, 2.24) is 9.97 Å². The number of nitrogens with zero attached hydrogens (tertiary/aromatic N) is 3. The van der Waals surface area contributed by atoms with E-state index in [1.54, 1.807) is 20.8 Å². The third-order valence-corrected chi connectivity index (χ3v) is 2.68. The SMILES string of the molecule is Cc1nc2c(c(N(C)CC(C)(C)O)n1)CC(=O)N2. The molecule has 0 atom stereocenters. The average molecular weight is 250 g/mol. The number of anilines is 2. The Labute approximate surface area is 106 Å². The van der Waals surface area contributed by atoms with E-state index in [9.17, 15) is 9.90 Å². The maximum atomic E-state index is 11.4. The Bertz CT molecular complexity index is 494. The van der Waals surface area contributed by atoms with Gasteiger partial charge in [0.25, 0.3) is 0 Å². The molecule has 0 aliphatic carbocycles. The van der Waals surface area contributed by atoms with Crippen molar-refractivity contribution in [3.8, 4) is 0 Å². The zero-order valence-corrected chi connectivity index (χ0v) is 11.1. The van der Waals surface area contributed by atoms with Gasteiger partial charge in [-0.1, -0.05) is 0 Å². The minimum atomic E-state index is -0.823. The predicted octanol–water partition coefficient (Wildman–Crippen LogP) is 0.487. The first-order valence-corrected chi connectivity index (χ1v) is 5.87. The Balaban J connectivity index is 2.37. The maximum absolute atomic E-state index is 11.4. The number of rotatable bonds is 3. The smallest absolute Gasteiger partial charge is 0.230 e. The van der Waals surface area contributed by atoms with Crippen LogP contribution in [0.3, 0.4) is 0 Å². The van der Waals surface area contributed by atoms with Gasteiger partial charge in [0.05, 0.1) is 12.0 Å². The molecule has 0 saturated carbocycles. The number of amides is 1. The fourth-order valence-corrected chi connectivity index (χ4v) is 2.15. The van der Waals surface area contributed by atoms with Crippen molar-refractivity contribution in [2.24, 2.45) is 0 Å². The van der Waals surface area contributed by atoms with Crippen molar-refractivity contribution in [2.45, 2.75) is 32.8 Å². The molecule has 6 heteroatoms. The van der Waals surface area contributed by atoms with E-state index >= 15 is 0 Å². The summed E-state index contributed by atoms with van der Waals surface area (Å²) < 4.78 is 0. The van der Waals surface area contributed by atoms with E-state index < -0.39 is 5.60 Å². The number of hydrogen-bond acceptors (Lipinski definition) is 5.